The third-order valence-electron chi connectivity index (χ3n) is 3.54. The van der Waals surface area contributed by atoms with Gasteiger partial charge >= 0.3 is 5.97 Å². The highest BCUT2D eigenvalue weighted by molar-refractivity contribution is 9.10. The van der Waals surface area contributed by atoms with Gasteiger partial charge in [0.25, 0.3) is 11.8 Å². The quantitative estimate of drug-likeness (QED) is 0.559. The topological polar surface area (TPSA) is 103 Å². The molecule has 0 saturated heterocycles. The molecule has 140 valence electrons. The summed E-state index contributed by atoms with van der Waals surface area (Å²) in [6.45, 7) is -0.585. The maximum Gasteiger partial charge on any atom is 0.351 e. The van der Waals surface area contributed by atoms with Crippen molar-refractivity contribution >= 4 is 33.7 Å². The Labute approximate surface area is 162 Å². The first-order chi connectivity index (χ1) is 13.0. The minimum absolute atomic E-state index is 0.0161. The Balaban J connectivity index is 1.42. The van der Waals surface area contributed by atoms with E-state index in [1.165, 1.54) is 0 Å². The summed E-state index contributed by atoms with van der Waals surface area (Å²) in [6.07, 6.45) is -0.968. The number of fused-ring (bicyclic) bond motifs is 1. The van der Waals surface area contributed by atoms with Crippen LogP contribution < -0.4 is 20.3 Å². The van der Waals surface area contributed by atoms with Crippen molar-refractivity contribution in [3.8, 4) is 11.5 Å². The summed E-state index contributed by atoms with van der Waals surface area (Å²) in [5.41, 5.74) is 4.77. The molecule has 8 nitrogen and oxygen atoms in total. The molecule has 0 spiro atoms. The molecule has 1 heterocycles. The second kappa shape index (κ2) is 8.54. The molecular formula is C18H15BrN2O6. The summed E-state index contributed by atoms with van der Waals surface area (Å²) in [7, 11) is 0. The van der Waals surface area contributed by atoms with E-state index in [1.54, 1.807) is 48.5 Å². The Hall–Kier alpha value is -3.07. The van der Waals surface area contributed by atoms with Crippen molar-refractivity contribution in [3.63, 3.8) is 0 Å². The Kier molecular flexibility index (Phi) is 5.92. The average molecular weight is 435 g/mol. The van der Waals surface area contributed by atoms with E-state index in [0.717, 1.165) is 4.47 Å². The molecule has 1 aliphatic heterocycles. The van der Waals surface area contributed by atoms with Crippen LogP contribution in [0, 0.1) is 0 Å². The minimum atomic E-state index is -0.968. The van der Waals surface area contributed by atoms with Crippen LogP contribution in [-0.2, 0) is 14.3 Å². The fraction of sp³-hybridized carbons (Fsp3) is 0.167. The third-order valence-corrected chi connectivity index (χ3v) is 4.07. The summed E-state index contributed by atoms with van der Waals surface area (Å²) < 4.78 is 16.6. The first kappa shape index (κ1) is 18.7. The first-order valence-corrected chi connectivity index (χ1v) is 8.72. The van der Waals surface area contributed by atoms with E-state index in [-0.39, 0.29) is 6.61 Å². The number of hydrogen-bond acceptors (Lipinski definition) is 6. The van der Waals surface area contributed by atoms with Gasteiger partial charge in [0.05, 0.1) is 0 Å². The van der Waals surface area contributed by atoms with Crippen molar-refractivity contribution in [2.24, 2.45) is 0 Å². The molecule has 2 aromatic carbocycles. The molecule has 27 heavy (non-hydrogen) atoms. The number of hydrogen-bond donors (Lipinski definition) is 2. The van der Waals surface area contributed by atoms with E-state index in [1.807, 2.05) is 0 Å². The van der Waals surface area contributed by atoms with Crippen LogP contribution in [0.25, 0.3) is 0 Å². The number of carbonyl (C=O) groups is 3. The van der Waals surface area contributed by atoms with Gasteiger partial charge in [-0.2, -0.15) is 0 Å². The van der Waals surface area contributed by atoms with E-state index in [9.17, 15) is 14.4 Å². The summed E-state index contributed by atoms with van der Waals surface area (Å²) in [6, 6.07) is 13.5. The van der Waals surface area contributed by atoms with Crippen molar-refractivity contribution in [2.75, 3.05) is 13.2 Å². The van der Waals surface area contributed by atoms with Gasteiger partial charge < -0.3 is 14.2 Å². The van der Waals surface area contributed by atoms with Crippen molar-refractivity contribution in [3.05, 3.63) is 58.6 Å². The van der Waals surface area contributed by atoms with Gasteiger partial charge in [0.2, 0.25) is 6.10 Å². The number of benzene rings is 2. The molecule has 9 heteroatoms. The number of carbonyl (C=O) groups excluding carboxylic acids is 3. The van der Waals surface area contributed by atoms with Crippen LogP contribution in [-0.4, -0.2) is 37.1 Å². The largest absolute Gasteiger partial charge is 0.485 e. The molecule has 1 aliphatic rings. The van der Waals surface area contributed by atoms with Crippen LogP contribution in [0.1, 0.15) is 10.4 Å². The lowest BCUT2D eigenvalue weighted by Crippen LogP contribution is -2.45. The average Bonchev–Trinajstić information content (AvgIpc) is 2.70. The lowest BCUT2D eigenvalue weighted by atomic mass is 10.2. The molecule has 0 saturated carbocycles. The molecule has 1 atom stereocenters. The zero-order chi connectivity index (χ0) is 19.2. The van der Waals surface area contributed by atoms with Gasteiger partial charge in [0.15, 0.2) is 18.1 Å². The van der Waals surface area contributed by atoms with Gasteiger partial charge in [-0.15, -0.1) is 0 Å². The van der Waals surface area contributed by atoms with Gasteiger partial charge in [-0.1, -0.05) is 28.1 Å². The zero-order valence-corrected chi connectivity index (χ0v) is 15.5. The van der Waals surface area contributed by atoms with Crippen LogP contribution >= 0.6 is 15.9 Å². The molecule has 3 rings (SSSR count). The van der Waals surface area contributed by atoms with E-state index in [4.69, 9.17) is 14.2 Å². The normalized spacial score (nSPS) is 14.8. The number of nitrogens with one attached hydrogen (secondary N) is 2. The standard InChI is InChI=1S/C18H15BrN2O6/c19-12-7-5-11(6-8-12)17(23)21-20-16(22)10-26-18(24)15-9-25-13-3-1-2-4-14(13)27-15/h1-8,15H,9-10H2,(H,20,22)(H,21,23)/t15-/m0/s1. The minimum Gasteiger partial charge on any atom is -0.485 e. The Bertz CT molecular complexity index is 855. The fourth-order valence-electron chi connectivity index (χ4n) is 2.20. The molecule has 0 unspecified atom stereocenters. The number of esters is 1. The number of hydrazine groups is 1. The van der Waals surface area contributed by atoms with Crippen LogP contribution in [0.4, 0.5) is 0 Å². The summed E-state index contributed by atoms with van der Waals surface area (Å²) in [5, 5.41) is 0. The lowest BCUT2D eigenvalue weighted by molar-refractivity contribution is -0.157. The van der Waals surface area contributed by atoms with Gasteiger partial charge in [-0.05, 0) is 36.4 Å². The molecule has 2 amide bonds. The SMILES string of the molecule is O=C(COC(=O)[C@@H]1COc2ccccc2O1)NNC(=O)c1ccc(Br)cc1. The number of para-hydroxylation sites is 2. The molecule has 0 aliphatic carbocycles. The Morgan fingerprint density at radius 1 is 1.04 bits per heavy atom. The van der Waals surface area contributed by atoms with Crippen LogP contribution in [0.2, 0.25) is 0 Å². The highest BCUT2D eigenvalue weighted by Crippen LogP contribution is 2.31. The predicted octanol–water partition coefficient (Wildman–Crippen LogP) is 1.59. The zero-order valence-electron chi connectivity index (χ0n) is 13.9. The number of halogens is 1. The van der Waals surface area contributed by atoms with Crippen molar-refractivity contribution in [2.45, 2.75) is 6.10 Å². The van der Waals surface area contributed by atoms with E-state index in [0.29, 0.717) is 17.1 Å². The molecule has 0 aromatic heterocycles. The Morgan fingerprint density at radius 3 is 2.48 bits per heavy atom. The maximum atomic E-state index is 12.0. The van der Waals surface area contributed by atoms with Gasteiger partial charge in [-0.25, -0.2) is 4.79 Å². The summed E-state index contributed by atoms with van der Waals surface area (Å²) in [4.78, 5) is 35.6. The highest BCUT2D eigenvalue weighted by Gasteiger charge is 2.29. The monoisotopic (exact) mass is 434 g/mol. The molecule has 0 bridgehead atoms. The fourth-order valence-corrected chi connectivity index (χ4v) is 2.47. The third kappa shape index (κ3) is 4.98. The predicted molar refractivity (Wildman–Crippen MR) is 97.1 cm³/mol. The number of rotatable bonds is 4. The second-order valence-electron chi connectivity index (χ2n) is 5.48. The lowest BCUT2D eigenvalue weighted by Gasteiger charge is -2.24. The van der Waals surface area contributed by atoms with Gasteiger partial charge in [0.1, 0.15) is 6.61 Å². The van der Waals surface area contributed by atoms with Gasteiger partial charge in [-0.3, -0.25) is 20.4 Å². The summed E-state index contributed by atoms with van der Waals surface area (Å²) >= 11 is 3.26. The molecule has 2 N–H and O–H groups in total. The number of ether oxygens (including phenoxy) is 3. The molecule has 0 fully saturated rings. The van der Waals surface area contributed by atoms with Crippen LogP contribution in [0.5, 0.6) is 11.5 Å². The van der Waals surface area contributed by atoms with E-state index >= 15 is 0 Å². The van der Waals surface area contributed by atoms with E-state index in [2.05, 4.69) is 26.8 Å². The van der Waals surface area contributed by atoms with Gasteiger partial charge in [0, 0.05) is 10.0 Å². The second-order valence-corrected chi connectivity index (χ2v) is 6.40. The van der Waals surface area contributed by atoms with Crippen molar-refractivity contribution < 1.29 is 28.6 Å². The van der Waals surface area contributed by atoms with Crippen molar-refractivity contribution in [1.82, 2.24) is 10.9 Å². The molecular weight excluding hydrogens is 420 g/mol. The first-order valence-electron chi connectivity index (χ1n) is 7.93. The van der Waals surface area contributed by atoms with Crippen molar-refractivity contribution in [1.29, 1.82) is 0 Å². The van der Waals surface area contributed by atoms with Crippen LogP contribution in [0.3, 0.4) is 0 Å². The summed E-state index contributed by atoms with van der Waals surface area (Å²) in [5.74, 6) is -0.959. The maximum absolute atomic E-state index is 12.0. The smallest absolute Gasteiger partial charge is 0.351 e. The number of amides is 2. The van der Waals surface area contributed by atoms with E-state index < -0.39 is 30.5 Å². The highest BCUT2D eigenvalue weighted by atomic mass is 79.9. The van der Waals surface area contributed by atoms with Crippen LogP contribution in [0.15, 0.2) is 53.0 Å². The molecule has 0 radical (unpaired) electrons. The Morgan fingerprint density at radius 2 is 1.74 bits per heavy atom. The molecule has 2 aromatic rings.